The Morgan fingerprint density at radius 2 is 1.81 bits per heavy atom. The lowest BCUT2D eigenvalue weighted by molar-refractivity contribution is 0.343. The first-order valence-corrected chi connectivity index (χ1v) is 8.00. The topological polar surface area (TPSA) is 12.0 Å². The van der Waals surface area contributed by atoms with Gasteiger partial charge in [-0.25, -0.2) is 4.39 Å². The highest BCUT2D eigenvalue weighted by Gasteiger charge is 2.33. The first kappa shape index (κ1) is 16.2. The second-order valence-corrected chi connectivity index (χ2v) is 6.66. The van der Waals surface area contributed by atoms with Gasteiger partial charge in [-0.05, 0) is 30.3 Å². The van der Waals surface area contributed by atoms with Gasteiger partial charge in [-0.15, -0.1) is 0 Å². The Labute approximate surface area is 134 Å². The van der Waals surface area contributed by atoms with Gasteiger partial charge in [0.2, 0.25) is 0 Å². The largest absolute Gasteiger partial charge is 0.309 e. The molecule has 1 N–H and O–H groups in total. The van der Waals surface area contributed by atoms with E-state index >= 15 is 0 Å². The molecule has 0 aromatic heterocycles. The monoisotopic (exact) mass is 349 g/mol. The molecule has 3 heteroatoms. The predicted octanol–water partition coefficient (Wildman–Crippen LogP) is 5.22. The molecule has 0 amide bonds. The van der Waals surface area contributed by atoms with E-state index in [2.05, 4.69) is 47.2 Å². The Hall–Kier alpha value is -1.19. The fraction of sp³-hybridized carbons (Fsp3) is 0.333. The van der Waals surface area contributed by atoms with Crippen LogP contribution in [0.3, 0.4) is 0 Å². The normalized spacial score (nSPS) is 13.2. The van der Waals surface area contributed by atoms with Gasteiger partial charge in [0.25, 0.3) is 0 Å². The van der Waals surface area contributed by atoms with Crippen LogP contribution >= 0.6 is 15.9 Å². The smallest absolute Gasteiger partial charge is 0.128 e. The van der Waals surface area contributed by atoms with Gasteiger partial charge in [0, 0.05) is 21.5 Å². The lowest BCUT2D eigenvalue weighted by Crippen LogP contribution is -2.38. The van der Waals surface area contributed by atoms with Crippen molar-refractivity contribution in [2.24, 2.45) is 0 Å². The lowest BCUT2D eigenvalue weighted by Gasteiger charge is -2.36. The maximum atomic E-state index is 14.3. The molecule has 2 rings (SSSR count). The molecule has 0 aliphatic carbocycles. The minimum atomic E-state index is -0.223. The molecule has 1 unspecified atom stereocenters. The van der Waals surface area contributed by atoms with Crippen LogP contribution in [0.25, 0.3) is 0 Å². The van der Waals surface area contributed by atoms with Crippen LogP contribution in [-0.4, -0.2) is 6.54 Å². The summed E-state index contributed by atoms with van der Waals surface area (Å²) < 4.78 is 15.2. The summed E-state index contributed by atoms with van der Waals surface area (Å²) in [6, 6.07) is 15.3. The molecule has 2 aromatic carbocycles. The van der Waals surface area contributed by atoms with Crippen molar-refractivity contribution in [3.05, 3.63) is 69.9 Å². The second-order valence-electron chi connectivity index (χ2n) is 5.74. The molecule has 0 radical (unpaired) electrons. The Morgan fingerprint density at radius 1 is 1.14 bits per heavy atom. The van der Waals surface area contributed by atoms with Crippen LogP contribution in [-0.2, 0) is 5.41 Å². The number of hydrogen-bond donors (Lipinski definition) is 1. The van der Waals surface area contributed by atoms with Gasteiger partial charge >= 0.3 is 0 Å². The molecule has 21 heavy (non-hydrogen) atoms. The maximum Gasteiger partial charge on any atom is 0.128 e. The van der Waals surface area contributed by atoms with Crippen molar-refractivity contribution in [1.82, 2.24) is 5.32 Å². The third-order valence-corrected chi connectivity index (χ3v) is 4.41. The van der Waals surface area contributed by atoms with Crippen molar-refractivity contribution < 1.29 is 4.39 Å². The van der Waals surface area contributed by atoms with Gasteiger partial charge in [-0.1, -0.05) is 67.0 Å². The Morgan fingerprint density at radius 3 is 2.43 bits per heavy atom. The van der Waals surface area contributed by atoms with E-state index in [9.17, 15) is 4.39 Å². The van der Waals surface area contributed by atoms with E-state index in [-0.39, 0.29) is 17.3 Å². The molecule has 0 aliphatic heterocycles. The molecular weight excluding hydrogens is 329 g/mol. The zero-order valence-corrected chi connectivity index (χ0v) is 14.2. The lowest BCUT2D eigenvalue weighted by atomic mass is 9.74. The molecule has 0 heterocycles. The molecule has 2 aromatic rings. The maximum absolute atomic E-state index is 14.3. The average Bonchev–Trinajstić information content (AvgIpc) is 2.48. The van der Waals surface area contributed by atoms with Crippen molar-refractivity contribution >= 4 is 15.9 Å². The number of benzene rings is 2. The fourth-order valence-corrected chi connectivity index (χ4v) is 3.11. The van der Waals surface area contributed by atoms with Crippen LogP contribution in [0.1, 0.15) is 37.9 Å². The molecule has 0 saturated carbocycles. The minimum absolute atomic E-state index is 0.0950. The van der Waals surface area contributed by atoms with Gasteiger partial charge < -0.3 is 5.32 Å². The zero-order chi connectivity index (χ0) is 15.5. The highest BCUT2D eigenvalue weighted by molar-refractivity contribution is 9.10. The zero-order valence-electron chi connectivity index (χ0n) is 12.7. The molecule has 112 valence electrons. The number of likely N-dealkylation sites (N-methyl/N-ethyl adjacent to an activating group) is 1. The van der Waals surface area contributed by atoms with Gasteiger partial charge in [0.05, 0.1) is 0 Å². The van der Waals surface area contributed by atoms with Crippen molar-refractivity contribution in [3.63, 3.8) is 0 Å². The summed E-state index contributed by atoms with van der Waals surface area (Å²) in [6.07, 6.45) is 0. The van der Waals surface area contributed by atoms with Crippen molar-refractivity contribution in [3.8, 4) is 0 Å². The molecular formula is C18H21BrFN. The molecule has 0 spiro atoms. The quantitative estimate of drug-likeness (QED) is 0.780. The summed E-state index contributed by atoms with van der Waals surface area (Å²) in [5.41, 5.74) is 1.66. The first-order chi connectivity index (χ1) is 9.96. The third-order valence-electron chi connectivity index (χ3n) is 3.92. The standard InChI is InChI=1S/C18H21BrFN/c1-4-21-17(15-12-14(19)10-11-16(15)20)18(2,3)13-8-6-5-7-9-13/h5-12,17,21H,4H2,1-3H3. The van der Waals surface area contributed by atoms with Gasteiger partial charge in [0.15, 0.2) is 0 Å². The summed E-state index contributed by atoms with van der Waals surface area (Å²) in [7, 11) is 0. The Balaban J connectivity index is 2.50. The van der Waals surface area contributed by atoms with E-state index in [1.54, 1.807) is 6.07 Å². The molecule has 1 atom stereocenters. The van der Waals surface area contributed by atoms with E-state index in [1.807, 2.05) is 31.2 Å². The van der Waals surface area contributed by atoms with Gasteiger partial charge in [0.1, 0.15) is 5.82 Å². The van der Waals surface area contributed by atoms with Gasteiger partial charge in [-0.2, -0.15) is 0 Å². The van der Waals surface area contributed by atoms with E-state index in [4.69, 9.17) is 0 Å². The van der Waals surface area contributed by atoms with Crippen LogP contribution in [0.4, 0.5) is 4.39 Å². The highest BCUT2D eigenvalue weighted by atomic mass is 79.9. The van der Waals surface area contributed by atoms with E-state index in [0.717, 1.165) is 11.0 Å². The van der Waals surface area contributed by atoms with Crippen LogP contribution in [0, 0.1) is 5.82 Å². The highest BCUT2D eigenvalue weighted by Crippen LogP contribution is 2.38. The summed E-state index contributed by atoms with van der Waals surface area (Å²) in [5, 5.41) is 3.44. The SMILES string of the molecule is CCNC(c1cc(Br)ccc1F)C(C)(C)c1ccccc1. The van der Waals surface area contributed by atoms with Crippen molar-refractivity contribution in [1.29, 1.82) is 0 Å². The Kier molecular flexibility index (Phi) is 5.17. The summed E-state index contributed by atoms with van der Waals surface area (Å²) in [4.78, 5) is 0. The summed E-state index contributed by atoms with van der Waals surface area (Å²) in [5.74, 6) is -0.173. The number of nitrogens with one attached hydrogen (secondary N) is 1. The third kappa shape index (κ3) is 3.53. The molecule has 0 fully saturated rings. The number of halogens is 2. The predicted molar refractivity (Wildman–Crippen MR) is 90.0 cm³/mol. The van der Waals surface area contributed by atoms with Crippen LogP contribution in [0.5, 0.6) is 0 Å². The van der Waals surface area contributed by atoms with Crippen LogP contribution in [0.2, 0.25) is 0 Å². The molecule has 1 nitrogen and oxygen atoms in total. The first-order valence-electron chi connectivity index (χ1n) is 7.20. The summed E-state index contributed by atoms with van der Waals surface area (Å²) in [6.45, 7) is 7.13. The van der Waals surface area contributed by atoms with Crippen LogP contribution in [0.15, 0.2) is 53.0 Å². The molecule has 0 aliphatic rings. The minimum Gasteiger partial charge on any atom is -0.309 e. The second kappa shape index (κ2) is 6.71. The van der Waals surface area contributed by atoms with Crippen molar-refractivity contribution in [2.45, 2.75) is 32.2 Å². The number of hydrogen-bond acceptors (Lipinski definition) is 1. The van der Waals surface area contributed by atoms with Crippen LogP contribution < -0.4 is 5.32 Å². The molecule has 0 saturated heterocycles. The van der Waals surface area contributed by atoms with Gasteiger partial charge in [-0.3, -0.25) is 0 Å². The summed E-state index contributed by atoms with van der Waals surface area (Å²) >= 11 is 3.44. The van der Waals surface area contributed by atoms with E-state index in [1.165, 1.54) is 11.6 Å². The number of rotatable bonds is 5. The van der Waals surface area contributed by atoms with E-state index < -0.39 is 0 Å². The Bertz CT molecular complexity index is 595. The fourth-order valence-electron chi connectivity index (χ4n) is 2.73. The van der Waals surface area contributed by atoms with E-state index in [0.29, 0.717) is 5.56 Å². The average molecular weight is 350 g/mol. The molecule has 0 bridgehead atoms. The van der Waals surface area contributed by atoms with Crippen molar-refractivity contribution in [2.75, 3.05) is 6.54 Å².